The van der Waals surface area contributed by atoms with Gasteiger partial charge in [0.25, 0.3) is 0 Å². The van der Waals surface area contributed by atoms with Crippen molar-refractivity contribution in [2.75, 3.05) is 22.4 Å². The third kappa shape index (κ3) is 7.81. The van der Waals surface area contributed by atoms with Crippen LogP contribution in [0, 0.1) is 0 Å². The molecule has 37 heavy (non-hydrogen) atoms. The Balaban J connectivity index is 1.64. The van der Waals surface area contributed by atoms with Crippen molar-refractivity contribution >= 4 is 56.3 Å². The standard InChI is InChI=1S/C28H30Cl2N2O4S/c1-28(2,3)21-12-10-19(11-13-21)27(34)20-7-5-8-23(17-20)31-26(33)9-6-16-32(37(4,35)36)25-18-22(29)14-15-24(25)30/h5,7-8,10-15,17-18H,6,9,16H2,1-4H3,(H,31,33). The molecule has 0 saturated carbocycles. The van der Waals surface area contributed by atoms with Gasteiger partial charge in [-0.25, -0.2) is 8.42 Å². The zero-order chi connectivity index (χ0) is 27.4. The van der Waals surface area contributed by atoms with E-state index in [0.717, 1.165) is 16.1 Å². The molecule has 0 atom stereocenters. The lowest BCUT2D eigenvalue weighted by Crippen LogP contribution is -2.31. The first kappa shape index (κ1) is 28.7. The average molecular weight is 562 g/mol. The molecule has 0 fully saturated rings. The Morgan fingerprint density at radius 1 is 0.919 bits per heavy atom. The Morgan fingerprint density at radius 2 is 1.59 bits per heavy atom. The molecular formula is C28H30Cl2N2O4S. The summed E-state index contributed by atoms with van der Waals surface area (Å²) < 4.78 is 25.8. The van der Waals surface area contributed by atoms with E-state index in [2.05, 4.69) is 26.1 Å². The van der Waals surface area contributed by atoms with E-state index in [1.165, 1.54) is 12.1 Å². The van der Waals surface area contributed by atoms with Gasteiger partial charge in [-0.1, -0.05) is 80.4 Å². The number of anilines is 2. The Kier molecular flexibility index (Phi) is 9.05. The number of carbonyl (C=O) groups excluding carboxylic acids is 2. The molecule has 3 rings (SSSR count). The maximum atomic E-state index is 13.0. The number of nitrogens with zero attached hydrogens (tertiary/aromatic N) is 1. The van der Waals surface area contributed by atoms with Gasteiger partial charge in [0.1, 0.15) is 0 Å². The molecule has 0 aliphatic rings. The van der Waals surface area contributed by atoms with Crippen LogP contribution in [0.1, 0.15) is 55.1 Å². The molecule has 0 saturated heterocycles. The monoisotopic (exact) mass is 560 g/mol. The number of ketones is 1. The van der Waals surface area contributed by atoms with Crippen LogP contribution in [0.5, 0.6) is 0 Å². The number of benzene rings is 3. The number of carbonyl (C=O) groups is 2. The highest BCUT2D eigenvalue weighted by Gasteiger charge is 2.21. The molecule has 3 aromatic rings. The van der Waals surface area contributed by atoms with Gasteiger partial charge < -0.3 is 5.32 Å². The average Bonchev–Trinajstić information content (AvgIpc) is 2.82. The third-order valence-electron chi connectivity index (χ3n) is 5.76. The Labute approximate surface area is 228 Å². The van der Waals surface area contributed by atoms with E-state index < -0.39 is 10.0 Å². The lowest BCUT2D eigenvalue weighted by molar-refractivity contribution is -0.116. The van der Waals surface area contributed by atoms with Gasteiger partial charge >= 0.3 is 0 Å². The highest BCUT2D eigenvalue weighted by atomic mass is 35.5. The maximum absolute atomic E-state index is 13.0. The summed E-state index contributed by atoms with van der Waals surface area (Å²) in [5.41, 5.74) is 2.90. The van der Waals surface area contributed by atoms with Crippen LogP contribution in [0.25, 0.3) is 0 Å². The molecule has 0 aliphatic carbocycles. The number of amides is 1. The van der Waals surface area contributed by atoms with Gasteiger partial charge in [0.05, 0.1) is 17.0 Å². The Bertz CT molecular complexity index is 1400. The normalized spacial score (nSPS) is 11.7. The topological polar surface area (TPSA) is 83.6 Å². The van der Waals surface area contributed by atoms with Gasteiger partial charge in [-0.05, 0) is 47.7 Å². The lowest BCUT2D eigenvalue weighted by atomic mass is 9.86. The molecule has 3 aromatic carbocycles. The van der Waals surface area contributed by atoms with E-state index in [9.17, 15) is 18.0 Å². The van der Waals surface area contributed by atoms with E-state index in [-0.39, 0.29) is 47.2 Å². The van der Waals surface area contributed by atoms with Crippen molar-refractivity contribution in [2.24, 2.45) is 0 Å². The summed E-state index contributed by atoms with van der Waals surface area (Å²) in [5, 5.41) is 3.38. The van der Waals surface area contributed by atoms with Crippen LogP contribution in [-0.4, -0.2) is 32.9 Å². The molecule has 196 valence electrons. The van der Waals surface area contributed by atoms with Gasteiger partial charge in [-0.15, -0.1) is 0 Å². The number of rotatable bonds is 9. The van der Waals surface area contributed by atoms with Gasteiger partial charge in [-0.3, -0.25) is 13.9 Å². The van der Waals surface area contributed by atoms with Crippen molar-refractivity contribution in [3.05, 3.63) is 93.5 Å². The van der Waals surface area contributed by atoms with Crippen molar-refractivity contribution in [3.63, 3.8) is 0 Å². The summed E-state index contributed by atoms with van der Waals surface area (Å²) in [6, 6.07) is 18.8. The summed E-state index contributed by atoms with van der Waals surface area (Å²) in [7, 11) is -3.65. The summed E-state index contributed by atoms with van der Waals surface area (Å²) in [6.45, 7) is 6.39. The largest absolute Gasteiger partial charge is 0.326 e. The van der Waals surface area contributed by atoms with Crippen molar-refractivity contribution in [1.82, 2.24) is 0 Å². The highest BCUT2D eigenvalue weighted by molar-refractivity contribution is 7.92. The zero-order valence-electron chi connectivity index (χ0n) is 21.2. The molecule has 1 N–H and O–H groups in total. The summed E-state index contributed by atoms with van der Waals surface area (Å²) in [4.78, 5) is 25.5. The van der Waals surface area contributed by atoms with Crippen molar-refractivity contribution < 1.29 is 18.0 Å². The second-order valence-corrected chi connectivity index (χ2v) is 12.6. The number of halogens is 2. The van der Waals surface area contributed by atoms with E-state index >= 15 is 0 Å². The van der Waals surface area contributed by atoms with E-state index in [0.29, 0.717) is 21.8 Å². The van der Waals surface area contributed by atoms with E-state index in [4.69, 9.17) is 23.2 Å². The third-order valence-corrected chi connectivity index (χ3v) is 7.50. The predicted octanol–water partition coefficient (Wildman–Crippen LogP) is 6.71. The highest BCUT2D eigenvalue weighted by Crippen LogP contribution is 2.31. The van der Waals surface area contributed by atoms with Crippen LogP contribution >= 0.6 is 23.2 Å². The van der Waals surface area contributed by atoms with Gasteiger partial charge in [-0.2, -0.15) is 0 Å². The van der Waals surface area contributed by atoms with E-state index in [1.54, 1.807) is 30.3 Å². The molecule has 0 aliphatic heterocycles. The first-order valence-electron chi connectivity index (χ1n) is 11.7. The van der Waals surface area contributed by atoms with Crippen LogP contribution in [0.3, 0.4) is 0 Å². The molecule has 0 aromatic heterocycles. The molecule has 0 radical (unpaired) electrons. The number of hydrogen-bond acceptors (Lipinski definition) is 4. The minimum atomic E-state index is -3.65. The fraction of sp³-hybridized carbons (Fsp3) is 0.286. The molecule has 0 spiro atoms. The molecule has 0 unspecified atom stereocenters. The number of sulfonamides is 1. The van der Waals surface area contributed by atoms with Gasteiger partial charge in [0.15, 0.2) is 5.78 Å². The van der Waals surface area contributed by atoms with Gasteiger partial charge in [0.2, 0.25) is 15.9 Å². The Hall–Kier alpha value is -2.87. The zero-order valence-corrected chi connectivity index (χ0v) is 23.5. The van der Waals surface area contributed by atoms with Crippen LogP contribution in [-0.2, 0) is 20.2 Å². The first-order chi connectivity index (χ1) is 17.3. The second kappa shape index (κ2) is 11.7. The molecule has 0 bridgehead atoms. The number of nitrogens with one attached hydrogen (secondary N) is 1. The fourth-order valence-electron chi connectivity index (χ4n) is 3.78. The van der Waals surface area contributed by atoms with Crippen molar-refractivity contribution in [1.29, 1.82) is 0 Å². The molecule has 1 amide bonds. The van der Waals surface area contributed by atoms with Crippen LogP contribution in [0.4, 0.5) is 11.4 Å². The molecule has 9 heteroatoms. The van der Waals surface area contributed by atoms with E-state index in [1.807, 2.05) is 24.3 Å². The molecule has 0 heterocycles. The molecular weight excluding hydrogens is 531 g/mol. The molecule has 6 nitrogen and oxygen atoms in total. The second-order valence-electron chi connectivity index (χ2n) is 9.82. The van der Waals surface area contributed by atoms with Gasteiger partial charge in [0, 0.05) is 34.8 Å². The summed E-state index contributed by atoms with van der Waals surface area (Å²) in [5.74, 6) is -0.441. The van der Waals surface area contributed by atoms with Crippen LogP contribution in [0.2, 0.25) is 10.0 Å². The van der Waals surface area contributed by atoms with Crippen LogP contribution < -0.4 is 9.62 Å². The minimum absolute atomic E-state index is 0.00940. The van der Waals surface area contributed by atoms with Crippen molar-refractivity contribution in [3.8, 4) is 0 Å². The predicted molar refractivity (Wildman–Crippen MR) is 152 cm³/mol. The maximum Gasteiger partial charge on any atom is 0.232 e. The smallest absolute Gasteiger partial charge is 0.232 e. The Morgan fingerprint density at radius 3 is 2.22 bits per heavy atom. The van der Waals surface area contributed by atoms with Crippen LogP contribution in [0.15, 0.2) is 66.7 Å². The van der Waals surface area contributed by atoms with Crippen molar-refractivity contribution in [2.45, 2.75) is 39.0 Å². The number of hydrogen-bond donors (Lipinski definition) is 1. The fourth-order valence-corrected chi connectivity index (χ4v) is 5.18. The first-order valence-corrected chi connectivity index (χ1v) is 14.3. The lowest BCUT2D eigenvalue weighted by Gasteiger charge is -2.23. The minimum Gasteiger partial charge on any atom is -0.326 e. The quantitative estimate of drug-likeness (QED) is 0.295. The SMILES string of the molecule is CC(C)(C)c1ccc(C(=O)c2cccc(NC(=O)CCCN(c3cc(Cl)ccc3Cl)S(C)(=O)=O)c2)cc1. The summed E-state index contributed by atoms with van der Waals surface area (Å²) in [6.07, 6.45) is 1.39. The summed E-state index contributed by atoms with van der Waals surface area (Å²) >= 11 is 12.2.